The van der Waals surface area contributed by atoms with Gasteiger partial charge in [-0.05, 0) is 43.9 Å². The van der Waals surface area contributed by atoms with Crippen LogP contribution in [0.5, 0.6) is 0 Å². The minimum atomic E-state index is -3.30. The van der Waals surface area contributed by atoms with Crippen LogP contribution >= 0.6 is 0 Å². The van der Waals surface area contributed by atoms with Gasteiger partial charge in [0.1, 0.15) is 0 Å². The molecule has 1 unspecified atom stereocenters. The van der Waals surface area contributed by atoms with Crippen molar-refractivity contribution >= 4 is 15.9 Å². The highest BCUT2D eigenvalue weighted by molar-refractivity contribution is 7.89. The number of aromatic nitrogens is 1. The molecule has 2 aliphatic rings. The lowest BCUT2D eigenvalue weighted by Gasteiger charge is -2.37. The lowest BCUT2D eigenvalue weighted by molar-refractivity contribution is -0.129. The number of ether oxygens (including phenoxy) is 1. The van der Waals surface area contributed by atoms with Crippen LogP contribution in [0.3, 0.4) is 0 Å². The van der Waals surface area contributed by atoms with Gasteiger partial charge in [0.25, 0.3) is 0 Å². The van der Waals surface area contributed by atoms with Gasteiger partial charge in [-0.1, -0.05) is 0 Å². The Morgan fingerprint density at radius 2 is 2.04 bits per heavy atom. The SMILES string of the molecule is CCS(=O)(=O)N1CC(C(=O)NCCc2ccncc2)C2(CCOCC2)C1. The van der Waals surface area contributed by atoms with Crippen LogP contribution in [0.1, 0.15) is 25.3 Å². The number of nitrogens with one attached hydrogen (secondary N) is 1. The highest BCUT2D eigenvalue weighted by atomic mass is 32.2. The molecule has 2 saturated heterocycles. The predicted molar refractivity (Wildman–Crippen MR) is 98.0 cm³/mol. The van der Waals surface area contributed by atoms with Crippen molar-refractivity contribution in [2.45, 2.75) is 26.2 Å². The summed E-state index contributed by atoms with van der Waals surface area (Å²) in [6.07, 6.45) is 5.65. The Kier molecular flexibility index (Phi) is 5.94. The van der Waals surface area contributed by atoms with Crippen LogP contribution in [0.2, 0.25) is 0 Å². The molecule has 26 heavy (non-hydrogen) atoms. The number of carbonyl (C=O) groups is 1. The van der Waals surface area contributed by atoms with Crippen molar-refractivity contribution < 1.29 is 17.9 Å². The molecule has 144 valence electrons. The second-order valence-corrected chi connectivity index (χ2v) is 9.37. The standard InChI is InChI=1S/C18H27N3O4S/c1-2-26(23,24)21-13-16(18(14-21)6-11-25-12-7-18)17(22)20-10-5-15-3-8-19-9-4-15/h3-4,8-9,16H,2,5-7,10-14H2,1H3,(H,20,22). The van der Waals surface area contributed by atoms with Crippen molar-refractivity contribution in [3.05, 3.63) is 30.1 Å². The van der Waals surface area contributed by atoms with Crippen LogP contribution in [0.15, 0.2) is 24.5 Å². The van der Waals surface area contributed by atoms with Crippen LogP contribution in [0.4, 0.5) is 0 Å². The highest BCUT2D eigenvalue weighted by Gasteiger charge is 2.52. The van der Waals surface area contributed by atoms with Gasteiger partial charge >= 0.3 is 0 Å². The maximum atomic E-state index is 12.9. The van der Waals surface area contributed by atoms with Crippen molar-refractivity contribution in [1.82, 2.24) is 14.6 Å². The summed E-state index contributed by atoms with van der Waals surface area (Å²) in [7, 11) is -3.30. The maximum Gasteiger partial charge on any atom is 0.225 e. The van der Waals surface area contributed by atoms with Gasteiger partial charge < -0.3 is 10.1 Å². The Morgan fingerprint density at radius 3 is 2.69 bits per heavy atom. The van der Waals surface area contributed by atoms with Crippen molar-refractivity contribution in [3.63, 3.8) is 0 Å². The summed E-state index contributed by atoms with van der Waals surface area (Å²) in [4.78, 5) is 16.9. The lowest BCUT2D eigenvalue weighted by atomic mass is 9.72. The zero-order valence-electron chi connectivity index (χ0n) is 15.2. The quantitative estimate of drug-likeness (QED) is 0.788. The molecule has 0 saturated carbocycles. The summed E-state index contributed by atoms with van der Waals surface area (Å²) in [6, 6.07) is 3.86. The number of amides is 1. The van der Waals surface area contributed by atoms with Crippen molar-refractivity contribution in [2.24, 2.45) is 11.3 Å². The second kappa shape index (κ2) is 8.02. The summed E-state index contributed by atoms with van der Waals surface area (Å²) in [5.41, 5.74) is 0.809. The van der Waals surface area contributed by atoms with E-state index in [0.29, 0.717) is 26.3 Å². The van der Waals surface area contributed by atoms with Crippen LogP contribution in [0.25, 0.3) is 0 Å². The third kappa shape index (κ3) is 4.07. The zero-order valence-corrected chi connectivity index (χ0v) is 16.0. The fraction of sp³-hybridized carbons (Fsp3) is 0.667. The van der Waals surface area contributed by atoms with Gasteiger partial charge in [0, 0.05) is 50.7 Å². The maximum absolute atomic E-state index is 12.9. The fourth-order valence-electron chi connectivity index (χ4n) is 3.97. The van der Waals surface area contributed by atoms with Crippen LogP contribution in [-0.4, -0.2) is 62.2 Å². The monoisotopic (exact) mass is 381 g/mol. The minimum absolute atomic E-state index is 0.0465. The van der Waals surface area contributed by atoms with Crippen molar-refractivity contribution in [1.29, 1.82) is 0 Å². The summed E-state index contributed by atoms with van der Waals surface area (Å²) in [5.74, 6) is -0.296. The van der Waals surface area contributed by atoms with Gasteiger partial charge in [0.2, 0.25) is 15.9 Å². The number of hydrogen-bond acceptors (Lipinski definition) is 5. The average Bonchev–Trinajstić information content (AvgIpc) is 3.02. The van der Waals surface area contributed by atoms with Gasteiger partial charge in [-0.2, -0.15) is 0 Å². The Labute approximate surface area is 155 Å². The van der Waals surface area contributed by atoms with E-state index in [-0.39, 0.29) is 29.5 Å². The Hall–Kier alpha value is -1.51. The largest absolute Gasteiger partial charge is 0.381 e. The lowest BCUT2D eigenvalue weighted by Crippen LogP contribution is -2.44. The molecule has 1 aromatic heterocycles. The Morgan fingerprint density at radius 1 is 1.35 bits per heavy atom. The van der Waals surface area contributed by atoms with E-state index in [1.807, 2.05) is 12.1 Å². The molecule has 3 heterocycles. The van der Waals surface area contributed by atoms with E-state index in [0.717, 1.165) is 24.8 Å². The topological polar surface area (TPSA) is 88.6 Å². The summed E-state index contributed by atoms with van der Waals surface area (Å²) < 4.78 is 31.7. The molecule has 0 radical (unpaired) electrons. The molecule has 1 aromatic rings. The van der Waals surface area contributed by atoms with Crippen LogP contribution in [0, 0.1) is 11.3 Å². The first-order valence-electron chi connectivity index (χ1n) is 9.19. The zero-order chi connectivity index (χ0) is 18.6. The van der Waals surface area contributed by atoms with Gasteiger partial charge in [-0.3, -0.25) is 9.78 Å². The molecule has 0 aliphatic carbocycles. The normalized spacial score (nSPS) is 23.2. The first-order chi connectivity index (χ1) is 12.5. The number of sulfonamides is 1. The molecule has 1 spiro atoms. The average molecular weight is 381 g/mol. The predicted octanol–water partition coefficient (Wildman–Crippen LogP) is 0.819. The molecular formula is C18H27N3O4S. The minimum Gasteiger partial charge on any atom is -0.381 e. The summed E-state index contributed by atoms with van der Waals surface area (Å²) >= 11 is 0. The third-order valence-electron chi connectivity index (χ3n) is 5.64. The van der Waals surface area contributed by atoms with Gasteiger partial charge in [0.15, 0.2) is 0 Å². The Balaban J connectivity index is 1.67. The summed E-state index contributed by atoms with van der Waals surface area (Å²) in [6.45, 7) is 4.05. The van der Waals surface area contributed by atoms with Crippen molar-refractivity contribution in [2.75, 3.05) is 38.6 Å². The summed E-state index contributed by atoms with van der Waals surface area (Å²) in [5, 5.41) is 3.01. The first-order valence-corrected chi connectivity index (χ1v) is 10.8. The molecule has 8 heteroatoms. The smallest absolute Gasteiger partial charge is 0.225 e. The van der Waals surface area contributed by atoms with E-state index in [9.17, 15) is 13.2 Å². The van der Waals surface area contributed by atoms with Crippen LogP contribution < -0.4 is 5.32 Å². The van der Waals surface area contributed by atoms with Gasteiger partial charge in [0.05, 0.1) is 11.7 Å². The van der Waals surface area contributed by atoms with E-state index >= 15 is 0 Å². The van der Waals surface area contributed by atoms with Gasteiger partial charge in [-0.25, -0.2) is 12.7 Å². The fourth-order valence-corrected chi connectivity index (χ4v) is 5.16. The number of pyridine rings is 1. The van der Waals surface area contributed by atoms with Crippen LogP contribution in [-0.2, 0) is 26.0 Å². The molecule has 2 fully saturated rings. The molecule has 1 amide bonds. The van der Waals surface area contributed by atoms with E-state index in [1.54, 1.807) is 19.3 Å². The molecule has 1 N–H and O–H groups in total. The molecule has 2 aliphatic heterocycles. The molecule has 1 atom stereocenters. The number of rotatable bonds is 6. The van der Waals surface area contributed by atoms with E-state index in [4.69, 9.17) is 4.74 Å². The second-order valence-electron chi connectivity index (χ2n) is 7.12. The van der Waals surface area contributed by atoms with Crippen molar-refractivity contribution in [3.8, 4) is 0 Å². The molecule has 0 aromatic carbocycles. The molecular weight excluding hydrogens is 354 g/mol. The molecule has 7 nitrogen and oxygen atoms in total. The van der Waals surface area contributed by atoms with Gasteiger partial charge in [-0.15, -0.1) is 0 Å². The molecule has 3 rings (SSSR count). The number of carbonyl (C=O) groups excluding carboxylic acids is 1. The number of nitrogens with zero attached hydrogens (tertiary/aromatic N) is 2. The third-order valence-corrected chi connectivity index (χ3v) is 7.44. The molecule has 0 bridgehead atoms. The highest BCUT2D eigenvalue weighted by Crippen LogP contribution is 2.45. The van der Waals surface area contributed by atoms with E-state index in [2.05, 4.69) is 10.3 Å². The van der Waals surface area contributed by atoms with E-state index in [1.165, 1.54) is 4.31 Å². The first kappa shape index (κ1) is 19.3. The van der Waals surface area contributed by atoms with E-state index < -0.39 is 10.0 Å². The number of hydrogen-bond donors (Lipinski definition) is 1. The Bertz CT molecular complexity index is 717.